The van der Waals surface area contributed by atoms with Crippen LogP contribution in [0, 0.1) is 5.92 Å². The summed E-state index contributed by atoms with van der Waals surface area (Å²) in [5, 5.41) is 3.19. The molecule has 0 saturated carbocycles. The number of carbonyl (C=O) groups excluding carboxylic acids is 2. The van der Waals surface area contributed by atoms with Crippen LogP contribution in [0.25, 0.3) is 0 Å². The largest absolute Gasteiger partial charge is 0.487 e. The number of nitrogens with zero attached hydrogens (tertiary/aromatic N) is 1. The number of likely N-dealkylation sites (tertiary alicyclic amines) is 1. The van der Waals surface area contributed by atoms with E-state index in [2.05, 4.69) is 5.32 Å². The summed E-state index contributed by atoms with van der Waals surface area (Å²) < 4.78 is 11.8. The van der Waals surface area contributed by atoms with Crippen LogP contribution in [0.2, 0.25) is 0 Å². The number of benzene rings is 1. The average Bonchev–Trinajstić information content (AvgIpc) is 2.95. The number of hydrogen-bond donors (Lipinski definition) is 1. The Labute approximate surface area is 147 Å². The van der Waals surface area contributed by atoms with Gasteiger partial charge in [0.15, 0.2) is 0 Å². The number of amides is 2. The summed E-state index contributed by atoms with van der Waals surface area (Å²) in [7, 11) is 1.75. The predicted octanol–water partition coefficient (Wildman–Crippen LogP) is 1.65. The molecular formula is C19H24N2O4. The van der Waals surface area contributed by atoms with E-state index in [4.69, 9.17) is 9.47 Å². The molecular weight excluding hydrogens is 320 g/mol. The van der Waals surface area contributed by atoms with Crippen molar-refractivity contribution in [3.05, 3.63) is 29.8 Å². The van der Waals surface area contributed by atoms with Gasteiger partial charge in [0.1, 0.15) is 11.4 Å². The zero-order chi connectivity index (χ0) is 17.4. The van der Waals surface area contributed by atoms with E-state index in [9.17, 15) is 9.59 Å². The van der Waals surface area contributed by atoms with Gasteiger partial charge in [-0.25, -0.2) is 0 Å². The van der Waals surface area contributed by atoms with Crippen LogP contribution in [-0.2, 0) is 14.3 Å². The first-order valence-electron chi connectivity index (χ1n) is 8.96. The monoisotopic (exact) mass is 344 g/mol. The quantitative estimate of drug-likeness (QED) is 0.886. The molecule has 1 spiro atoms. The Hall–Kier alpha value is -2.08. The Morgan fingerprint density at radius 2 is 2.04 bits per heavy atom. The third-order valence-corrected chi connectivity index (χ3v) is 5.63. The topological polar surface area (TPSA) is 67.9 Å². The first kappa shape index (κ1) is 16.4. The molecule has 0 aromatic heterocycles. The highest BCUT2D eigenvalue weighted by molar-refractivity contribution is 5.89. The van der Waals surface area contributed by atoms with E-state index in [0.29, 0.717) is 26.2 Å². The number of hydrogen-bond acceptors (Lipinski definition) is 4. The maximum absolute atomic E-state index is 12.7. The molecule has 4 rings (SSSR count). The Bertz CT molecular complexity index is 684. The number of carbonyl (C=O) groups is 2. The number of para-hydroxylation sites is 1. The lowest BCUT2D eigenvalue weighted by Crippen LogP contribution is -2.49. The molecule has 3 heterocycles. The van der Waals surface area contributed by atoms with Gasteiger partial charge in [-0.05, 0) is 6.07 Å². The van der Waals surface area contributed by atoms with Gasteiger partial charge in [-0.15, -0.1) is 0 Å². The molecule has 0 bridgehead atoms. The van der Waals surface area contributed by atoms with Crippen LogP contribution in [0.1, 0.15) is 37.3 Å². The van der Waals surface area contributed by atoms with Crippen molar-refractivity contribution in [2.45, 2.75) is 37.3 Å². The maximum atomic E-state index is 12.7. The normalized spacial score (nSPS) is 27.7. The fourth-order valence-electron chi connectivity index (χ4n) is 4.13. The second-order valence-corrected chi connectivity index (χ2v) is 7.38. The van der Waals surface area contributed by atoms with Gasteiger partial charge in [-0.3, -0.25) is 9.59 Å². The summed E-state index contributed by atoms with van der Waals surface area (Å²) in [6, 6.07) is 7.82. The summed E-state index contributed by atoms with van der Waals surface area (Å²) in [5.41, 5.74) is 0.748. The van der Waals surface area contributed by atoms with E-state index in [0.717, 1.165) is 30.6 Å². The third-order valence-electron chi connectivity index (χ3n) is 5.63. The van der Waals surface area contributed by atoms with Gasteiger partial charge in [0.25, 0.3) is 0 Å². The summed E-state index contributed by atoms with van der Waals surface area (Å²) in [6.45, 7) is 1.87. The number of nitrogens with one attached hydrogen (secondary N) is 1. The minimum atomic E-state index is -0.271. The van der Waals surface area contributed by atoms with E-state index in [1.807, 2.05) is 24.3 Å². The van der Waals surface area contributed by atoms with Crippen LogP contribution >= 0.6 is 0 Å². The van der Waals surface area contributed by atoms with Crippen molar-refractivity contribution in [2.75, 3.05) is 26.8 Å². The summed E-state index contributed by atoms with van der Waals surface area (Å²) in [5.74, 6) is 0.578. The molecule has 1 aromatic rings. The highest BCUT2D eigenvalue weighted by atomic mass is 16.5. The van der Waals surface area contributed by atoms with Gasteiger partial charge in [-0.2, -0.15) is 0 Å². The van der Waals surface area contributed by atoms with Crippen molar-refractivity contribution in [1.29, 1.82) is 0 Å². The smallest absolute Gasteiger partial charge is 0.225 e. The second kappa shape index (κ2) is 6.33. The molecule has 25 heavy (non-hydrogen) atoms. The number of ether oxygens (including phenoxy) is 2. The molecule has 1 N–H and O–H groups in total. The Balaban J connectivity index is 1.55. The van der Waals surface area contributed by atoms with Crippen LogP contribution in [-0.4, -0.2) is 49.1 Å². The molecule has 3 aliphatic rings. The molecule has 0 aliphatic carbocycles. The van der Waals surface area contributed by atoms with E-state index in [-0.39, 0.29) is 29.4 Å². The Kier molecular flexibility index (Phi) is 4.15. The average molecular weight is 344 g/mol. The molecule has 1 aromatic carbocycles. The van der Waals surface area contributed by atoms with Gasteiger partial charge in [0.05, 0.1) is 25.2 Å². The molecule has 2 fully saturated rings. The highest BCUT2D eigenvalue weighted by Gasteiger charge is 2.43. The first-order valence-corrected chi connectivity index (χ1v) is 8.96. The van der Waals surface area contributed by atoms with Crippen molar-refractivity contribution in [3.8, 4) is 5.75 Å². The fraction of sp³-hybridized carbons (Fsp3) is 0.579. The van der Waals surface area contributed by atoms with Crippen molar-refractivity contribution in [2.24, 2.45) is 5.92 Å². The van der Waals surface area contributed by atoms with Gasteiger partial charge >= 0.3 is 0 Å². The van der Waals surface area contributed by atoms with Gasteiger partial charge in [-0.1, -0.05) is 18.2 Å². The van der Waals surface area contributed by atoms with Crippen LogP contribution in [0.5, 0.6) is 5.75 Å². The molecule has 134 valence electrons. The molecule has 0 unspecified atom stereocenters. The minimum Gasteiger partial charge on any atom is -0.487 e. The SMILES string of the molecule is CN1C[C@H](C(=O)N[C@H]2CC3(CCOCC3)Oc3ccccc32)CC1=O. The fourth-order valence-corrected chi connectivity index (χ4v) is 4.13. The lowest BCUT2D eigenvalue weighted by Gasteiger charge is -2.44. The third kappa shape index (κ3) is 3.11. The van der Waals surface area contributed by atoms with Gasteiger partial charge in [0.2, 0.25) is 11.8 Å². The molecule has 2 atom stereocenters. The van der Waals surface area contributed by atoms with E-state index in [1.54, 1.807) is 11.9 Å². The van der Waals surface area contributed by atoms with E-state index < -0.39 is 0 Å². The Morgan fingerprint density at radius 3 is 2.76 bits per heavy atom. The second-order valence-electron chi connectivity index (χ2n) is 7.38. The number of rotatable bonds is 2. The van der Waals surface area contributed by atoms with E-state index >= 15 is 0 Å². The summed E-state index contributed by atoms with van der Waals surface area (Å²) in [6.07, 6.45) is 2.71. The maximum Gasteiger partial charge on any atom is 0.225 e. The Morgan fingerprint density at radius 1 is 1.28 bits per heavy atom. The summed E-state index contributed by atoms with van der Waals surface area (Å²) in [4.78, 5) is 26.1. The molecule has 2 saturated heterocycles. The molecule has 0 radical (unpaired) electrons. The summed E-state index contributed by atoms with van der Waals surface area (Å²) >= 11 is 0. The van der Waals surface area contributed by atoms with Gasteiger partial charge in [0, 0.05) is 44.8 Å². The van der Waals surface area contributed by atoms with Gasteiger partial charge < -0.3 is 19.7 Å². The van der Waals surface area contributed by atoms with Crippen molar-refractivity contribution in [1.82, 2.24) is 10.2 Å². The predicted molar refractivity (Wildman–Crippen MR) is 91.1 cm³/mol. The van der Waals surface area contributed by atoms with Crippen LogP contribution in [0.15, 0.2) is 24.3 Å². The minimum absolute atomic E-state index is 0.0356. The van der Waals surface area contributed by atoms with Crippen LogP contribution < -0.4 is 10.1 Å². The number of fused-ring (bicyclic) bond motifs is 1. The molecule has 6 nitrogen and oxygen atoms in total. The molecule has 3 aliphatic heterocycles. The van der Waals surface area contributed by atoms with Crippen molar-refractivity contribution >= 4 is 11.8 Å². The zero-order valence-electron chi connectivity index (χ0n) is 14.5. The zero-order valence-corrected chi connectivity index (χ0v) is 14.5. The van der Waals surface area contributed by atoms with Crippen LogP contribution in [0.3, 0.4) is 0 Å². The molecule has 2 amide bonds. The van der Waals surface area contributed by atoms with E-state index in [1.165, 1.54) is 0 Å². The lowest BCUT2D eigenvalue weighted by molar-refractivity contribution is -0.129. The van der Waals surface area contributed by atoms with Crippen LogP contribution in [0.4, 0.5) is 0 Å². The first-order chi connectivity index (χ1) is 12.1. The molecule has 6 heteroatoms. The highest BCUT2D eigenvalue weighted by Crippen LogP contribution is 2.44. The van der Waals surface area contributed by atoms with Crippen molar-refractivity contribution < 1.29 is 19.1 Å². The standard InChI is InChI=1S/C19H24N2O4/c1-21-12-13(10-17(21)22)18(23)20-15-11-19(6-8-24-9-7-19)25-16-5-3-2-4-14(15)16/h2-5,13,15H,6-12H2,1H3,(H,20,23)/t13-,15+/m1/s1. The van der Waals surface area contributed by atoms with Crippen molar-refractivity contribution in [3.63, 3.8) is 0 Å². The lowest BCUT2D eigenvalue weighted by atomic mass is 9.82.